The fraction of sp³-hybridized carbons (Fsp3) is 0.115. The number of ether oxygens (including phenoxy) is 1. The lowest BCUT2D eigenvalue weighted by Crippen LogP contribution is -2.33. The van der Waals surface area contributed by atoms with Gasteiger partial charge in [-0.15, -0.1) is 13.2 Å². The molecule has 11 nitrogen and oxygen atoms in total. The van der Waals surface area contributed by atoms with Crippen molar-refractivity contribution >= 4 is 50.6 Å². The number of hydrogen-bond acceptors (Lipinski definition) is 7. The summed E-state index contributed by atoms with van der Waals surface area (Å²) in [6.45, 7) is 0. The van der Waals surface area contributed by atoms with Crippen LogP contribution in [0.5, 0.6) is 5.75 Å². The Labute approximate surface area is 233 Å². The molecule has 0 aliphatic carbocycles. The highest BCUT2D eigenvalue weighted by Crippen LogP contribution is 2.26. The zero-order valence-electron chi connectivity index (χ0n) is 21.7. The van der Waals surface area contributed by atoms with Gasteiger partial charge >= 0.3 is 18.3 Å². The van der Waals surface area contributed by atoms with Crippen LogP contribution < -0.4 is 35.3 Å². The lowest BCUT2D eigenvalue weighted by Gasteiger charge is -2.17. The summed E-state index contributed by atoms with van der Waals surface area (Å²) < 4.78 is 65.8. The first-order chi connectivity index (χ1) is 19.3. The van der Waals surface area contributed by atoms with Gasteiger partial charge in [0.1, 0.15) is 11.4 Å². The molecule has 0 saturated carbocycles. The van der Waals surface area contributed by atoms with Crippen molar-refractivity contribution < 1.29 is 35.7 Å². The Bertz CT molecular complexity index is 1650. The van der Waals surface area contributed by atoms with Crippen molar-refractivity contribution in [3.8, 4) is 5.75 Å². The van der Waals surface area contributed by atoms with Gasteiger partial charge in [0, 0.05) is 30.2 Å². The van der Waals surface area contributed by atoms with E-state index in [0.717, 1.165) is 17.8 Å². The summed E-state index contributed by atoms with van der Waals surface area (Å²) in [6, 6.07) is 18.9. The molecule has 0 fully saturated rings. The summed E-state index contributed by atoms with van der Waals surface area (Å²) in [7, 11) is -0.287. The molecule has 2 amide bonds. The number of sulfonamides is 1. The van der Waals surface area contributed by atoms with Crippen molar-refractivity contribution in [2.75, 3.05) is 27.9 Å². The maximum Gasteiger partial charge on any atom is 0.573 e. The molecule has 4 rings (SSSR count). The van der Waals surface area contributed by atoms with Crippen LogP contribution >= 0.6 is 0 Å². The van der Waals surface area contributed by atoms with E-state index < -0.39 is 28.2 Å². The molecule has 0 spiro atoms. The van der Waals surface area contributed by atoms with E-state index in [1.54, 1.807) is 72.2 Å². The lowest BCUT2D eigenvalue weighted by atomic mass is 10.2. The second-order valence-electron chi connectivity index (χ2n) is 8.68. The molecule has 41 heavy (non-hydrogen) atoms. The van der Waals surface area contributed by atoms with Crippen molar-refractivity contribution in [2.24, 2.45) is 12.2 Å². The number of nitrogens with two attached hydrogens (primary N) is 1. The molecular weight excluding hydrogens is 563 g/mol. The number of urea groups is 1. The molecule has 3 aromatic carbocycles. The van der Waals surface area contributed by atoms with Crippen LogP contribution in [0.3, 0.4) is 0 Å². The topological polar surface area (TPSA) is 143 Å². The Kier molecular flexibility index (Phi) is 8.30. The van der Waals surface area contributed by atoms with Crippen molar-refractivity contribution in [1.29, 1.82) is 0 Å². The smallest absolute Gasteiger partial charge is 0.406 e. The van der Waals surface area contributed by atoms with Crippen LogP contribution in [0.15, 0.2) is 90.0 Å². The van der Waals surface area contributed by atoms with Crippen LogP contribution in [0.2, 0.25) is 0 Å². The lowest BCUT2D eigenvalue weighted by molar-refractivity contribution is -0.659. The summed E-state index contributed by atoms with van der Waals surface area (Å²) in [6.07, 6.45) is -3.02. The number of primary sulfonamides is 1. The Morgan fingerprint density at radius 3 is 2.15 bits per heavy atom. The third-order valence-electron chi connectivity index (χ3n) is 5.62. The standard InChI is InChI=1S/C26H24F3N7O4S/c1-35-15-14-23(34-24(35)31-19-4-3-5-22(16-19)41(30,38)39)36(2)20-10-6-17(7-11-20)32-25(37)33-18-8-12-21(13-9-18)40-26(27,28)29/h3-16H,1-2H3,(H4,30,32,33,37,38,39)/p+1. The van der Waals surface area contributed by atoms with E-state index in [1.807, 2.05) is 0 Å². The Balaban J connectivity index is 1.40. The van der Waals surface area contributed by atoms with E-state index in [0.29, 0.717) is 23.1 Å². The van der Waals surface area contributed by atoms with E-state index >= 15 is 0 Å². The number of nitrogens with one attached hydrogen (secondary N) is 3. The molecule has 0 aliphatic heterocycles. The van der Waals surface area contributed by atoms with Crippen molar-refractivity contribution in [3.63, 3.8) is 0 Å². The van der Waals surface area contributed by atoms with E-state index in [1.165, 1.54) is 24.3 Å². The van der Waals surface area contributed by atoms with Crippen molar-refractivity contribution in [3.05, 3.63) is 85.1 Å². The maximum absolute atomic E-state index is 12.3. The minimum absolute atomic E-state index is 0.0331. The van der Waals surface area contributed by atoms with Gasteiger partial charge in [0.05, 0.1) is 18.1 Å². The highest BCUT2D eigenvalue weighted by atomic mass is 32.2. The number of benzene rings is 3. The number of amides is 2. The third kappa shape index (κ3) is 8.06. The van der Waals surface area contributed by atoms with Crippen LogP contribution in [-0.2, 0) is 17.1 Å². The molecule has 4 aromatic rings. The first-order valence-electron chi connectivity index (χ1n) is 11.8. The molecule has 15 heteroatoms. The number of alkyl halides is 3. The predicted molar refractivity (Wildman–Crippen MR) is 147 cm³/mol. The number of anilines is 6. The minimum Gasteiger partial charge on any atom is -0.406 e. The predicted octanol–water partition coefficient (Wildman–Crippen LogP) is 4.61. The zero-order chi connectivity index (χ0) is 29.8. The summed E-state index contributed by atoms with van der Waals surface area (Å²) in [5.74, 6) is 0.613. The van der Waals surface area contributed by atoms with Gasteiger partial charge < -0.3 is 20.3 Å². The van der Waals surface area contributed by atoms with Gasteiger partial charge in [0.25, 0.3) is 0 Å². The molecule has 1 aromatic heterocycles. The second kappa shape index (κ2) is 11.7. The van der Waals surface area contributed by atoms with Gasteiger partial charge in [-0.25, -0.2) is 28.2 Å². The Morgan fingerprint density at radius 2 is 1.56 bits per heavy atom. The van der Waals surface area contributed by atoms with E-state index in [-0.39, 0.29) is 10.6 Å². The average Bonchev–Trinajstić information content (AvgIpc) is 2.90. The summed E-state index contributed by atoms with van der Waals surface area (Å²) in [5, 5.41) is 13.5. The van der Waals surface area contributed by atoms with Crippen LogP contribution in [0, 0.1) is 0 Å². The number of aromatic nitrogens is 2. The quantitative estimate of drug-likeness (QED) is 0.220. The van der Waals surface area contributed by atoms with E-state index in [9.17, 15) is 26.4 Å². The fourth-order valence-corrected chi connectivity index (χ4v) is 4.15. The molecule has 0 aliphatic rings. The molecule has 0 unspecified atom stereocenters. The van der Waals surface area contributed by atoms with Gasteiger partial charge in [0.2, 0.25) is 15.8 Å². The van der Waals surface area contributed by atoms with Crippen LogP contribution in [-0.4, -0.2) is 32.8 Å². The highest BCUT2D eigenvalue weighted by molar-refractivity contribution is 7.89. The van der Waals surface area contributed by atoms with Gasteiger partial charge in [-0.3, -0.25) is 0 Å². The van der Waals surface area contributed by atoms with Crippen molar-refractivity contribution in [1.82, 2.24) is 4.98 Å². The first-order valence-corrected chi connectivity index (χ1v) is 13.4. The number of halogens is 3. The molecule has 0 atom stereocenters. The molecule has 0 bridgehead atoms. The number of nitrogens with zero attached hydrogens (tertiary/aromatic N) is 3. The average molecular weight is 589 g/mol. The molecule has 5 N–H and O–H groups in total. The third-order valence-corrected chi connectivity index (χ3v) is 6.53. The molecule has 0 radical (unpaired) electrons. The molecule has 214 valence electrons. The first kappa shape index (κ1) is 29.1. The molecular formula is C26H25F3N7O4S+. The normalized spacial score (nSPS) is 11.5. The fourth-order valence-electron chi connectivity index (χ4n) is 3.59. The number of aryl methyl sites for hydroxylation is 1. The highest BCUT2D eigenvalue weighted by Gasteiger charge is 2.31. The number of hydrogen-bond donors (Lipinski definition) is 4. The maximum atomic E-state index is 12.3. The molecule has 1 heterocycles. The second-order valence-corrected chi connectivity index (χ2v) is 10.2. The summed E-state index contributed by atoms with van der Waals surface area (Å²) in [4.78, 5) is 18.7. The number of rotatable bonds is 8. The Hall–Kier alpha value is -4.89. The van der Waals surface area contributed by atoms with E-state index in [4.69, 9.17) is 5.14 Å². The van der Waals surface area contributed by atoms with Gasteiger partial charge in [-0.2, -0.15) is 0 Å². The number of carbonyl (C=O) groups excluding carboxylic acids is 1. The number of carbonyl (C=O) groups is 1. The van der Waals surface area contributed by atoms with E-state index in [2.05, 4.69) is 25.7 Å². The van der Waals surface area contributed by atoms with Crippen LogP contribution in [0.4, 0.5) is 52.5 Å². The minimum atomic E-state index is -4.80. The van der Waals surface area contributed by atoms with Gasteiger partial charge in [0.15, 0.2) is 0 Å². The van der Waals surface area contributed by atoms with Crippen LogP contribution in [0.1, 0.15) is 0 Å². The van der Waals surface area contributed by atoms with Gasteiger partial charge in [-0.05, 0) is 66.7 Å². The SMILES string of the molecule is CN(c1ccc(NC(=O)Nc2ccc(OC(F)(F)F)cc2)cc1)c1cc[n+](C)c(Nc2cccc(S(N)(=O)=O)c2)n1. The monoisotopic (exact) mass is 588 g/mol. The zero-order valence-corrected chi connectivity index (χ0v) is 22.5. The Morgan fingerprint density at radius 1 is 0.951 bits per heavy atom. The molecule has 0 saturated heterocycles. The largest absolute Gasteiger partial charge is 0.573 e. The summed E-state index contributed by atoms with van der Waals surface area (Å²) in [5.41, 5.74) is 1.98. The van der Waals surface area contributed by atoms with Crippen LogP contribution in [0.25, 0.3) is 0 Å². The summed E-state index contributed by atoms with van der Waals surface area (Å²) >= 11 is 0. The van der Waals surface area contributed by atoms with Gasteiger partial charge in [-0.1, -0.05) is 11.1 Å². The van der Waals surface area contributed by atoms with Crippen molar-refractivity contribution in [2.45, 2.75) is 11.3 Å².